The number of benzene rings is 1. The van der Waals surface area contributed by atoms with Crippen LogP contribution in [0.2, 0.25) is 0 Å². The molecule has 158 valence electrons. The Bertz CT molecular complexity index is 754. The maximum Gasteiger partial charge on any atom is 0.242 e. The summed E-state index contributed by atoms with van der Waals surface area (Å²) in [5, 5.41) is 0. The number of nitrogens with zero attached hydrogens (tertiary/aromatic N) is 2. The number of hydrogen-bond donors (Lipinski definition) is 0. The first kappa shape index (κ1) is 22.7. The van der Waals surface area contributed by atoms with Crippen LogP contribution in [0.3, 0.4) is 0 Å². The van der Waals surface area contributed by atoms with Gasteiger partial charge in [0.1, 0.15) is 11.5 Å². The van der Waals surface area contributed by atoms with Gasteiger partial charge in [-0.15, -0.1) is 0 Å². The summed E-state index contributed by atoms with van der Waals surface area (Å²) in [6.07, 6.45) is 4.34. The van der Waals surface area contributed by atoms with E-state index in [0.717, 1.165) is 42.8 Å². The van der Waals surface area contributed by atoms with Gasteiger partial charge in [-0.3, -0.25) is 9.59 Å². The zero-order valence-corrected chi connectivity index (χ0v) is 18.0. The van der Waals surface area contributed by atoms with Crippen molar-refractivity contribution < 1.29 is 14.0 Å². The molecule has 0 aliphatic heterocycles. The van der Waals surface area contributed by atoms with Crippen LogP contribution in [0.4, 0.5) is 0 Å². The number of amides is 2. The fourth-order valence-electron chi connectivity index (χ4n) is 3.30. The number of furan rings is 1. The van der Waals surface area contributed by atoms with Crippen molar-refractivity contribution in [3.05, 3.63) is 59.5 Å². The summed E-state index contributed by atoms with van der Waals surface area (Å²) in [5.74, 6) is 1.59. The molecule has 0 aliphatic carbocycles. The molecule has 5 heteroatoms. The van der Waals surface area contributed by atoms with Crippen molar-refractivity contribution in [2.75, 3.05) is 13.1 Å². The fraction of sp³-hybridized carbons (Fsp3) is 0.500. The highest BCUT2D eigenvalue weighted by molar-refractivity contribution is 5.84. The van der Waals surface area contributed by atoms with Crippen LogP contribution in [0.15, 0.2) is 46.9 Å². The summed E-state index contributed by atoms with van der Waals surface area (Å²) in [6, 6.07) is 13.7. The Balaban J connectivity index is 2.09. The molecule has 0 unspecified atom stereocenters. The molecule has 0 spiro atoms. The third kappa shape index (κ3) is 7.76. The largest absolute Gasteiger partial charge is 0.464 e. The van der Waals surface area contributed by atoms with Crippen LogP contribution in [-0.4, -0.2) is 34.7 Å². The number of aryl methyl sites for hydroxylation is 1. The van der Waals surface area contributed by atoms with Crippen LogP contribution in [0.1, 0.15) is 63.0 Å². The molecule has 2 amide bonds. The average Bonchev–Trinajstić information content (AvgIpc) is 3.12. The molecule has 5 nitrogen and oxygen atoms in total. The van der Waals surface area contributed by atoms with Gasteiger partial charge in [-0.05, 0) is 37.5 Å². The molecule has 0 saturated heterocycles. The Kier molecular flexibility index (Phi) is 9.48. The number of hydrogen-bond acceptors (Lipinski definition) is 3. The van der Waals surface area contributed by atoms with Gasteiger partial charge in [0.25, 0.3) is 0 Å². The molecule has 0 atom stereocenters. The van der Waals surface area contributed by atoms with Gasteiger partial charge in [-0.25, -0.2) is 0 Å². The monoisotopic (exact) mass is 398 g/mol. The van der Waals surface area contributed by atoms with E-state index in [1.807, 2.05) is 56.3 Å². The Labute approximate surface area is 174 Å². The average molecular weight is 399 g/mol. The number of carbonyl (C=O) groups is 2. The van der Waals surface area contributed by atoms with Gasteiger partial charge in [-0.1, -0.05) is 57.0 Å². The van der Waals surface area contributed by atoms with Crippen LogP contribution >= 0.6 is 0 Å². The molecule has 1 heterocycles. The fourth-order valence-corrected chi connectivity index (χ4v) is 3.30. The molecule has 0 N–H and O–H groups in total. The SMILES string of the molecule is CCCCCC(=O)N(CCC)CC(=O)N(Cc1ccccc1)Cc1ccc(C)o1. The standard InChI is InChI=1S/C24H34N2O3/c1-4-6-8-13-23(27)25(16-5-2)19-24(28)26(17-21-11-9-7-10-12-21)18-22-15-14-20(3)29-22/h7,9-12,14-15H,4-6,8,13,16-19H2,1-3H3. The maximum atomic E-state index is 13.2. The molecular formula is C24H34N2O3. The van der Waals surface area contributed by atoms with Crippen molar-refractivity contribution in [1.82, 2.24) is 9.80 Å². The van der Waals surface area contributed by atoms with Crippen molar-refractivity contribution in [3.8, 4) is 0 Å². The van der Waals surface area contributed by atoms with E-state index < -0.39 is 0 Å². The zero-order valence-electron chi connectivity index (χ0n) is 18.0. The lowest BCUT2D eigenvalue weighted by atomic mass is 10.2. The quantitative estimate of drug-likeness (QED) is 0.476. The summed E-state index contributed by atoms with van der Waals surface area (Å²) in [7, 11) is 0. The first-order chi connectivity index (χ1) is 14.0. The minimum Gasteiger partial charge on any atom is -0.464 e. The Morgan fingerprint density at radius 1 is 0.862 bits per heavy atom. The van der Waals surface area contributed by atoms with Gasteiger partial charge in [-0.2, -0.15) is 0 Å². The van der Waals surface area contributed by atoms with Crippen molar-refractivity contribution >= 4 is 11.8 Å². The summed E-state index contributed by atoms with van der Waals surface area (Å²) >= 11 is 0. The second-order valence-electron chi connectivity index (χ2n) is 7.52. The molecule has 0 saturated carbocycles. The predicted octanol–water partition coefficient (Wildman–Crippen LogP) is 4.94. The first-order valence-electron chi connectivity index (χ1n) is 10.7. The third-order valence-electron chi connectivity index (χ3n) is 4.88. The predicted molar refractivity (Wildman–Crippen MR) is 115 cm³/mol. The molecular weight excluding hydrogens is 364 g/mol. The van der Waals surface area contributed by atoms with Gasteiger partial charge in [0.2, 0.25) is 11.8 Å². The summed E-state index contributed by atoms with van der Waals surface area (Å²) < 4.78 is 5.69. The van der Waals surface area contributed by atoms with Gasteiger partial charge in [0.15, 0.2) is 0 Å². The summed E-state index contributed by atoms with van der Waals surface area (Å²) in [5.41, 5.74) is 1.06. The van der Waals surface area contributed by atoms with Gasteiger partial charge in [0, 0.05) is 19.5 Å². The minimum atomic E-state index is -0.0554. The second-order valence-corrected chi connectivity index (χ2v) is 7.52. The van der Waals surface area contributed by atoms with Crippen LogP contribution < -0.4 is 0 Å². The van der Waals surface area contributed by atoms with Gasteiger partial charge in [0.05, 0.1) is 13.1 Å². The van der Waals surface area contributed by atoms with E-state index in [2.05, 4.69) is 6.92 Å². The third-order valence-corrected chi connectivity index (χ3v) is 4.88. The van der Waals surface area contributed by atoms with Crippen molar-refractivity contribution in [3.63, 3.8) is 0 Å². The van der Waals surface area contributed by atoms with Gasteiger partial charge < -0.3 is 14.2 Å². The highest BCUT2D eigenvalue weighted by Crippen LogP contribution is 2.14. The molecule has 0 bridgehead atoms. The maximum absolute atomic E-state index is 13.2. The zero-order chi connectivity index (χ0) is 21.1. The molecule has 2 aromatic rings. The second kappa shape index (κ2) is 12.1. The van der Waals surface area contributed by atoms with E-state index in [1.165, 1.54) is 0 Å². The lowest BCUT2D eigenvalue weighted by molar-refractivity contribution is -0.141. The van der Waals surface area contributed by atoms with E-state index in [1.54, 1.807) is 9.80 Å². The highest BCUT2D eigenvalue weighted by Gasteiger charge is 2.22. The number of rotatable bonds is 12. The van der Waals surface area contributed by atoms with Crippen molar-refractivity contribution in [2.45, 2.75) is 66.0 Å². The molecule has 0 aliphatic rings. The molecule has 0 radical (unpaired) electrons. The molecule has 2 rings (SSSR count). The van der Waals surface area contributed by atoms with Crippen LogP contribution in [0.25, 0.3) is 0 Å². The lowest BCUT2D eigenvalue weighted by Gasteiger charge is -2.27. The summed E-state index contributed by atoms with van der Waals surface area (Å²) in [4.78, 5) is 29.3. The van der Waals surface area contributed by atoms with E-state index in [0.29, 0.717) is 26.1 Å². The van der Waals surface area contributed by atoms with E-state index >= 15 is 0 Å². The van der Waals surface area contributed by atoms with Crippen molar-refractivity contribution in [2.24, 2.45) is 0 Å². The highest BCUT2D eigenvalue weighted by atomic mass is 16.3. The summed E-state index contributed by atoms with van der Waals surface area (Å²) in [6.45, 7) is 7.65. The topological polar surface area (TPSA) is 53.8 Å². The molecule has 1 aromatic carbocycles. The van der Waals surface area contributed by atoms with Crippen LogP contribution in [0.5, 0.6) is 0 Å². The first-order valence-corrected chi connectivity index (χ1v) is 10.7. The van der Waals surface area contributed by atoms with E-state index in [4.69, 9.17) is 4.42 Å². The normalized spacial score (nSPS) is 10.7. The van der Waals surface area contributed by atoms with E-state index in [9.17, 15) is 9.59 Å². The molecule has 1 aromatic heterocycles. The number of carbonyl (C=O) groups excluding carboxylic acids is 2. The smallest absolute Gasteiger partial charge is 0.242 e. The Morgan fingerprint density at radius 2 is 1.62 bits per heavy atom. The van der Waals surface area contributed by atoms with Crippen LogP contribution in [0, 0.1) is 6.92 Å². The van der Waals surface area contributed by atoms with Crippen molar-refractivity contribution in [1.29, 1.82) is 0 Å². The Morgan fingerprint density at radius 3 is 2.24 bits per heavy atom. The lowest BCUT2D eigenvalue weighted by Crippen LogP contribution is -2.42. The number of unbranched alkanes of at least 4 members (excludes halogenated alkanes) is 2. The Hall–Kier alpha value is -2.56. The molecule has 0 fully saturated rings. The van der Waals surface area contributed by atoms with Crippen LogP contribution in [-0.2, 0) is 22.7 Å². The van der Waals surface area contributed by atoms with E-state index in [-0.39, 0.29) is 18.4 Å². The molecule has 29 heavy (non-hydrogen) atoms. The minimum absolute atomic E-state index is 0.0554. The van der Waals surface area contributed by atoms with Gasteiger partial charge >= 0.3 is 0 Å².